The number of carbonyl (C=O) groups excluding carboxylic acids is 2. The summed E-state index contributed by atoms with van der Waals surface area (Å²) in [5.41, 5.74) is 0.429. The van der Waals surface area contributed by atoms with Crippen LogP contribution in [0.15, 0.2) is 54.7 Å². The summed E-state index contributed by atoms with van der Waals surface area (Å²) in [5, 5.41) is 3.19. The van der Waals surface area contributed by atoms with Crippen molar-refractivity contribution in [1.82, 2.24) is 4.57 Å². The fraction of sp³-hybridized carbons (Fsp3) is 0.158. The third-order valence-electron chi connectivity index (χ3n) is 3.96. The predicted molar refractivity (Wildman–Crippen MR) is 92.0 cm³/mol. The molecule has 2 aromatic carbocycles. The van der Waals surface area contributed by atoms with Gasteiger partial charge in [0.15, 0.2) is 5.78 Å². The molecule has 3 rings (SSSR count). The molecule has 0 aliphatic heterocycles. The van der Waals surface area contributed by atoms with Crippen molar-refractivity contribution >= 4 is 28.3 Å². The van der Waals surface area contributed by atoms with E-state index < -0.39 is 17.6 Å². The maximum absolute atomic E-state index is 12.8. The molecule has 1 heterocycles. The average molecular weight is 360 g/mol. The lowest BCUT2D eigenvalue weighted by Crippen LogP contribution is -2.18. The Morgan fingerprint density at radius 1 is 1.08 bits per heavy atom. The van der Waals surface area contributed by atoms with Crippen LogP contribution in [0, 0.1) is 0 Å². The second-order valence-electron chi connectivity index (χ2n) is 5.87. The summed E-state index contributed by atoms with van der Waals surface area (Å²) in [6.45, 7) is 1.32. The first-order valence-corrected chi connectivity index (χ1v) is 7.81. The van der Waals surface area contributed by atoms with Crippen molar-refractivity contribution < 1.29 is 22.8 Å². The van der Waals surface area contributed by atoms with Crippen LogP contribution < -0.4 is 5.32 Å². The van der Waals surface area contributed by atoms with Gasteiger partial charge in [0.25, 0.3) is 0 Å². The van der Waals surface area contributed by atoms with Crippen LogP contribution in [0.5, 0.6) is 0 Å². The molecule has 26 heavy (non-hydrogen) atoms. The van der Waals surface area contributed by atoms with Crippen molar-refractivity contribution in [2.75, 3.05) is 5.32 Å². The highest BCUT2D eigenvalue weighted by atomic mass is 19.4. The number of alkyl halides is 3. The summed E-state index contributed by atoms with van der Waals surface area (Å²) in [6.07, 6.45) is -2.90. The molecule has 7 heteroatoms. The molecule has 3 aromatic rings. The minimum atomic E-state index is -4.48. The Balaban J connectivity index is 1.83. The molecular weight excluding hydrogens is 345 g/mol. The SMILES string of the molecule is CC(=O)c1cn(CC(=O)Nc2cccc(C(F)(F)F)c2)c2ccccc12. The summed E-state index contributed by atoms with van der Waals surface area (Å²) in [6, 6.07) is 11.6. The average Bonchev–Trinajstić information content (AvgIpc) is 2.93. The number of hydrogen-bond donors (Lipinski definition) is 1. The van der Waals surface area contributed by atoms with Crippen molar-refractivity contribution in [3.05, 3.63) is 65.9 Å². The number of carbonyl (C=O) groups is 2. The van der Waals surface area contributed by atoms with Gasteiger partial charge in [-0.25, -0.2) is 0 Å². The van der Waals surface area contributed by atoms with E-state index in [9.17, 15) is 22.8 Å². The molecule has 1 N–H and O–H groups in total. The molecule has 4 nitrogen and oxygen atoms in total. The lowest BCUT2D eigenvalue weighted by molar-refractivity contribution is -0.137. The molecule has 0 bridgehead atoms. The molecule has 0 fully saturated rings. The van der Waals surface area contributed by atoms with Crippen LogP contribution >= 0.6 is 0 Å². The van der Waals surface area contributed by atoms with Crippen LogP contribution in [0.2, 0.25) is 0 Å². The zero-order valence-electron chi connectivity index (χ0n) is 13.8. The molecule has 134 valence electrons. The number of benzene rings is 2. The van der Waals surface area contributed by atoms with Gasteiger partial charge in [-0.15, -0.1) is 0 Å². The van der Waals surface area contributed by atoms with Gasteiger partial charge in [0, 0.05) is 28.4 Å². The zero-order chi connectivity index (χ0) is 18.9. The van der Waals surface area contributed by atoms with Gasteiger partial charge in [0.05, 0.1) is 5.56 Å². The zero-order valence-corrected chi connectivity index (χ0v) is 13.8. The third-order valence-corrected chi connectivity index (χ3v) is 3.96. The molecule has 1 amide bonds. The number of halogens is 3. The second-order valence-corrected chi connectivity index (χ2v) is 5.87. The van der Waals surface area contributed by atoms with Crippen molar-refractivity contribution in [1.29, 1.82) is 0 Å². The number of aromatic nitrogens is 1. The van der Waals surface area contributed by atoms with Gasteiger partial charge >= 0.3 is 6.18 Å². The topological polar surface area (TPSA) is 51.1 Å². The highest BCUT2D eigenvalue weighted by molar-refractivity contribution is 6.07. The largest absolute Gasteiger partial charge is 0.416 e. The smallest absolute Gasteiger partial charge is 0.337 e. The van der Waals surface area contributed by atoms with Crippen LogP contribution in [0.25, 0.3) is 10.9 Å². The van der Waals surface area contributed by atoms with Crippen molar-refractivity contribution in [3.63, 3.8) is 0 Å². The number of nitrogens with zero attached hydrogens (tertiary/aromatic N) is 1. The Bertz CT molecular complexity index is 990. The fourth-order valence-electron chi connectivity index (χ4n) is 2.79. The highest BCUT2D eigenvalue weighted by Crippen LogP contribution is 2.30. The Morgan fingerprint density at radius 3 is 2.50 bits per heavy atom. The van der Waals surface area contributed by atoms with E-state index in [0.29, 0.717) is 11.1 Å². The summed E-state index contributed by atoms with van der Waals surface area (Å²) >= 11 is 0. The molecule has 0 radical (unpaired) electrons. The van der Waals surface area contributed by atoms with Gasteiger partial charge < -0.3 is 9.88 Å². The monoisotopic (exact) mass is 360 g/mol. The molecule has 0 atom stereocenters. The minimum Gasteiger partial charge on any atom is -0.337 e. The van der Waals surface area contributed by atoms with Crippen LogP contribution in [-0.4, -0.2) is 16.3 Å². The van der Waals surface area contributed by atoms with Gasteiger partial charge in [0.2, 0.25) is 5.91 Å². The molecular formula is C19H15F3N2O2. The van der Waals surface area contributed by atoms with E-state index in [4.69, 9.17) is 0 Å². The molecule has 0 saturated carbocycles. The van der Waals surface area contributed by atoms with E-state index in [-0.39, 0.29) is 18.0 Å². The summed E-state index contributed by atoms with van der Waals surface area (Å²) in [5.74, 6) is -0.613. The highest BCUT2D eigenvalue weighted by Gasteiger charge is 2.30. The molecule has 0 aliphatic rings. The van der Waals surface area contributed by atoms with Crippen LogP contribution in [0.3, 0.4) is 0 Å². The predicted octanol–water partition coefficient (Wildman–Crippen LogP) is 4.50. The van der Waals surface area contributed by atoms with E-state index in [1.807, 2.05) is 0 Å². The first-order chi connectivity index (χ1) is 12.3. The number of anilines is 1. The molecule has 0 unspecified atom stereocenters. The number of ketones is 1. The fourth-order valence-corrected chi connectivity index (χ4v) is 2.79. The van der Waals surface area contributed by atoms with Gasteiger partial charge in [-0.05, 0) is 31.2 Å². The number of para-hydroxylation sites is 1. The van der Waals surface area contributed by atoms with E-state index in [1.54, 1.807) is 35.0 Å². The Kier molecular flexibility index (Phi) is 4.54. The molecule has 1 aromatic heterocycles. The Morgan fingerprint density at radius 2 is 1.81 bits per heavy atom. The second kappa shape index (κ2) is 6.67. The quantitative estimate of drug-likeness (QED) is 0.697. The standard InChI is InChI=1S/C19H15F3N2O2/c1-12(25)16-10-24(17-8-3-2-7-15(16)17)11-18(26)23-14-6-4-5-13(9-14)19(20,21)22/h2-10H,11H2,1H3,(H,23,26). The number of hydrogen-bond acceptors (Lipinski definition) is 2. The molecule has 0 aliphatic carbocycles. The number of nitrogens with one attached hydrogen (secondary N) is 1. The number of amides is 1. The summed E-state index contributed by atoms with van der Waals surface area (Å²) in [4.78, 5) is 24.0. The lowest BCUT2D eigenvalue weighted by Gasteiger charge is -2.10. The summed E-state index contributed by atoms with van der Waals surface area (Å²) in [7, 11) is 0. The van der Waals surface area contributed by atoms with Crippen LogP contribution in [0.4, 0.5) is 18.9 Å². The minimum absolute atomic E-state index is 0.0630. The normalized spacial score (nSPS) is 11.5. The third kappa shape index (κ3) is 3.61. The van der Waals surface area contributed by atoms with Crippen molar-refractivity contribution in [2.45, 2.75) is 19.6 Å². The van der Waals surface area contributed by atoms with E-state index >= 15 is 0 Å². The first-order valence-electron chi connectivity index (χ1n) is 7.81. The number of fused-ring (bicyclic) bond motifs is 1. The van der Waals surface area contributed by atoms with Crippen molar-refractivity contribution in [2.24, 2.45) is 0 Å². The molecule has 0 saturated heterocycles. The van der Waals surface area contributed by atoms with E-state index in [2.05, 4.69) is 5.32 Å². The molecule has 0 spiro atoms. The number of Topliss-reactive ketones (excluding diaryl/α,β-unsaturated/α-hetero) is 1. The van der Waals surface area contributed by atoms with Gasteiger partial charge in [0.1, 0.15) is 6.54 Å². The Hall–Kier alpha value is -3.09. The number of rotatable bonds is 4. The van der Waals surface area contributed by atoms with Gasteiger partial charge in [-0.3, -0.25) is 9.59 Å². The Labute approximate surface area is 147 Å². The maximum Gasteiger partial charge on any atom is 0.416 e. The first kappa shape index (κ1) is 17.7. The van der Waals surface area contributed by atoms with Crippen molar-refractivity contribution in [3.8, 4) is 0 Å². The summed E-state index contributed by atoms with van der Waals surface area (Å²) < 4.78 is 39.9. The van der Waals surface area contributed by atoms with Crippen LogP contribution in [0.1, 0.15) is 22.8 Å². The maximum atomic E-state index is 12.8. The van der Waals surface area contributed by atoms with Crippen LogP contribution in [-0.2, 0) is 17.5 Å². The lowest BCUT2D eigenvalue weighted by atomic mass is 10.1. The van der Waals surface area contributed by atoms with E-state index in [0.717, 1.165) is 17.5 Å². The van der Waals surface area contributed by atoms with Gasteiger partial charge in [-0.1, -0.05) is 24.3 Å². The van der Waals surface area contributed by atoms with Gasteiger partial charge in [-0.2, -0.15) is 13.2 Å². The van der Waals surface area contributed by atoms with E-state index in [1.165, 1.54) is 19.1 Å².